The topological polar surface area (TPSA) is 34.2 Å². The van der Waals surface area contributed by atoms with Crippen LogP contribution >= 0.6 is 0 Å². The molecule has 1 fully saturated rings. The number of rotatable bonds is 7. The minimum Gasteiger partial charge on any atom is -0.496 e. The maximum absolute atomic E-state index is 5.60. The summed E-state index contributed by atoms with van der Waals surface area (Å²) in [7, 11) is 5.01. The average molecular weight is 407 g/mol. The first-order valence-corrected chi connectivity index (χ1v) is 10.4. The predicted octanol–water partition coefficient (Wildman–Crippen LogP) is 4.18. The molecule has 1 aliphatic heterocycles. The van der Waals surface area contributed by atoms with Gasteiger partial charge in [-0.1, -0.05) is 42.5 Å². The quantitative estimate of drug-likeness (QED) is 0.588. The highest BCUT2D eigenvalue weighted by molar-refractivity contribution is 5.85. The van der Waals surface area contributed by atoms with Crippen LogP contribution in [0.4, 0.5) is 0 Å². The van der Waals surface area contributed by atoms with Crippen LogP contribution in [0.2, 0.25) is 0 Å². The van der Waals surface area contributed by atoms with E-state index in [0.717, 1.165) is 56.3 Å². The van der Waals surface area contributed by atoms with E-state index in [2.05, 4.69) is 52.3 Å². The van der Waals surface area contributed by atoms with Gasteiger partial charge < -0.3 is 14.2 Å². The van der Waals surface area contributed by atoms with Gasteiger partial charge in [-0.15, -0.1) is 0 Å². The van der Waals surface area contributed by atoms with Crippen molar-refractivity contribution in [3.63, 3.8) is 0 Å². The van der Waals surface area contributed by atoms with Crippen molar-refractivity contribution in [1.82, 2.24) is 9.80 Å². The fourth-order valence-corrected chi connectivity index (χ4v) is 4.23. The average Bonchev–Trinajstić information content (AvgIpc) is 2.80. The van der Waals surface area contributed by atoms with Gasteiger partial charge in [0.05, 0.1) is 21.3 Å². The Morgan fingerprint density at radius 1 is 0.633 bits per heavy atom. The van der Waals surface area contributed by atoms with Crippen LogP contribution in [0.15, 0.2) is 54.6 Å². The first-order valence-electron chi connectivity index (χ1n) is 10.4. The van der Waals surface area contributed by atoms with Crippen molar-refractivity contribution in [3.05, 3.63) is 65.7 Å². The van der Waals surface area contributed by atoms with Crippen LogP contribution in [0.1, 0.15) is 11.1 Å². The van der Waals surface area contributed by atoms with Gasteiger partial charge in [-0.3, -0.25) is 9.80 Å². The number of piperazine rings is 1. The van der Waals surface area contributed by atoms with Gasteiger partial charge in [-0.25, -0.2) is 0 Å². The monoisotopic (exact) mass is 406 g/mol. The highest BCUT2D eigenvalue weighted by Crippen LogP contribution is 2.35. The lowest BCUT2D eigenvalue weighted by molar-refractivity contribution is 0.121. The number of nitrogens with zero attached hydrogens (tertiary/aromatic N) is 2. The Kier molecular flexibility index (Phi) is 6.41. The lowest BCUT2D eigenvalue weighted by Gasteiger charge is -2.35. The van der Waals surface area contributed by atoms with Crippen LogP contribution in [0.5, 0.6) is 17.2 Å². The standard InChI is InChI=1S/C25H30N2O3/c1-28-23-16-25(30-3)24(29-2)15-21(23)18-27-13-11-26(12-14-27)17-20-9-6-8-19-7-4-5-10-22(19)20/h4-10,15-16H,11-14,17-18H2,1-3H3. The van der Waals surface area contributed by atoms with Crippen molar-refractivity contribution in [3.8, 4) is 17.2 Å². The number of methoxy groups -OCH3 is 3. The molecule has 0 bridgehead atoms. The molecule has 3 aromatic carbocycles. The molecule has 1 saturated heterocycles. The number of hydrogen-bond donors (Lipinski definition) is 0. The third kappa shape index (κ3) is 4.37. The second-order valence-corrected chi connectivity index (χ2v) is 7.71. The number of hydrogen-bond acceptors (Lipinski definition) is 5. The zero-order valence-corrected chi connectivity index (χ0v) is 18.1. The summed E-state index contributed by atoms with van der Waals surface area (Å²) in [6.45, 7) is 6.00. The Morgan fingerprint density at radius 2 is 1.20 bits per heavy atom. The number of fused-ring (bicyclic) bond motifs is 1. The molecule has 0 amide bonds. The number of benzene rings is 3. The van der Waals surface area contributed by atoms with E-state index in [-0.39, 0.29) is 0 Å². The summed E-state index contributed by atoms with van der Waals surface area (Å²) < 4.78 is 16.5. The molecule has 5 heteroatoms. The molecule has 30 heavy (non-hydrogen) atoms. The largest absolute Gasteiger partial charge is 0.496 e. The van der Waals surface area contributed by atoms with Gasteiger partial charge in [0.1, 0.15) is 5.75 Å². The van der Waals surface area contributed by atoms with Crippen molar-refractivity contribution < 1.29 is 14.2 Å². The molecule has 0 unspecified atom stereocenters. The zero-order chi connectivity index (χ0) is 20.9. The van der Waals surface area contributed by atoms with Gasteiger partial charge in [-0.2, -0.15) is 0 Å². The molecule has 0 atom stereocenters. The summed E-state index contributed by atoms with van der Waals surface area (Å²) in [5.74, 6) is 2.27. The summed E-state index contributed by atoms with van der Waals surface area (Å²) in [6, 6.07) is 19.2. The molecule has 0 N–H and O–H groups in total. The lowest BCUT2D eigenvalue weighted by atomic mass is 10.0. The van der Waals surface area contributed by atoms with E-state index in [4.69, 9.17) is 14.2 Å². The fraction of sp³-hybridized carbons (Fsp3) is 0.360. The summed E-state index contributed by atoms with van der Waals surface area (Å²) in [6.07, 6.45) is 0. The Morgan fingerprint density at radius 3 is 1.87 bits per heavy atom. The van der Waals surface area contributed by atoms with Gasteiger partial charge in [0, 0.05) is 50.9 Å². The molecule has 158 valence electrons. The van der Waals surface area contributed by atoms with Crippen molar-refractivity contribution in [2.24, 2.45) is 0 Å². The third-order valence-corrected chi connectivity index (χ3v) is 5.92. The smallest absolute Gasteiger partial charge is 0.164 e. The van der Waals surface area contributed by atoms with Gasteiger partial charge >= 0.3 is 0 Å². The van der Waals surface area contributed by atoms with Crippen molar-refractivity contribution in [2.45, 2.75) is 13.1 Å². The molecule has 0 radical (unpaired) electrons. The molecule has 4 rings (SSSR count). The van der Waals surface area contributed by atoms with E-state index in [0.29, 0.717) is 5.75 Å². The van der Waals surface area contributed by atoms with E-state index >= 15 is 0 Å². The summed E-state index contributed by atoms with van der Waals surface area (Å²) in [5.41, 5.74) is 2.53. The van der Waals surface area contributed by atoms with Crippen LogP contribution in [0.25, 0.3) is 10.8 Å². The van der Waals surface area contributed by atoms with E-state index in [1.54, 1.807) is 21.3 Å². The van der Waals surface area contributed by atoms with Gasteiger partial charge in [0.25, 0.3) is 0 Å². The van der Waals surface area contributed by atoms with Crippen molar-refractivity contribution in [2.75, 3.05) is 47.5 Å². The predicted molar refractivity (Wildman–Crippen MR) is 121 cm³/mol. The molecule has 5 nitrogen and oxygen atoms in total. The van der Waals surface area contributed by atoms with Crippen LogP contribution < -0.4 is 14.2 Å². The van der Waals surface area contributed by atoms with Crippen LogP contribution in [-0.4, -0.2) is 57.3 Å². The molecule has 0 aromatic heterocycles. The highest BCUT2D eigenvalue weighted by Gasteiger charge is 2.20. The summed E-state index contributed by atoms with van der Waals surface area (Å²) >= 11 is 0. The van der Waals surface area contributed by atoms with Crippen LogP contribution in [-0.2, 0) is 13.1 Å². The molecule has 0 saturated carbocycles. The first-order chi connectivity index (χ1) is 14.7. The van der Waals surface area contributed by atoms with Gasteiger partial charge in [-0.05, 0) is 22.4 Å². The Labute approximate surface area is 178 Å². The first kappa shape index (κ1) is 20.5. The molecule has 0 aliphatic carbocycles. The van der Waals surface area contributed by atoms with Gasteiger partial charge in [0.15, 0.2) is 11.5 Å². The van der Waals surface area contributed by atoms with Crippen LogP contribution in [0, 0.1) is 0 Å². The summed E-state index contributed by atoms with van der Waals surface area (Å²) in [4.78, 5) is 5.02. The Balaban J connectivity index is 1.40. The molecular weight excluding hydrogens is 376 g/mol. The number of ether oxygens (including phenoxy) is 3. The maximum atomic E-state index is 5.60. The van der Waals surface area contributed by atoms with Crippen LogP contribution in [0.3, 0.4) is 0 Å². The van der Waals surface area contributed by atoms with E-state index < -0.39 is 0 Å². The minimum atomic E-state index is 0.693. The fourth-order valence-electron chi connectivity index (χ4n) is 4.23. The Hall–Kier alpha value is -2.76. The van der Waals surface area contributed by atoms with E-state index in [9.17, 15) is 0 Å². The maximum Gasteiger partial charge on any atom is 0.164 e. The molecule has 0 spiro atoms. The van der Waals surface area contributed by atoms with E-state index in [1.807, 2.05) is 12.1 Å². The normalized spacial score (nSPS) is 15.3. The molecule has 1 aliphatic rings. The van der Waals surface area contributed by atoms with Crippen molar-refractivity contribution in [1.29, 1.82) is 0 Å². The highest BCUT2D eigenvalue weighted by atomic mass is 16.5. The zero-order valence-electron chi connectivity index (χ0n) is 18.1. The third-order valence-electron chi connectivity index (χ3n) is 5.92. The lowest BCUT2D eigenvalue weighted by Crippen LogP contribution is -2.45. The second-order valence-electron chi connectivity index (χ2n) is 7.71. The van der Waals surface area contributed by atoms with Gasteiger partial charge in [0.2, 0.25) is 0 Å². The molecule has 1 heterocycles. The SMILES string of the molecule is COc1cc(OC)c(OC)cc1CN1CCN(Cc2cccc3ccccc23)CC1. The Bertz CT molecular complexity index is 992. The molecular formula is C25H30N2O3. The second kappa shape index (κ2) is 9.37. The summed E-state index contributed by atoms with van der Waals surface area (Å²) in [5, 5.41) is 2.67. The van der Waals surface area contributed by atoms with E-state index in [1.165, 1.54) is 16.3 Å². The minimum absolute atomic E-state index is 0.693. The molecule has 3 aromatic rings. The van der Waals surface area contributed by atoms with Crippen molar-refractivity contribution >= 4 is 10.8 Å².